The molecule has 0 aliphatic carbocycles. The lowest BCUT2D eigenvalue weighted by Crippen LogP contribution is -2.17. The number of rotatable bonds is 1. The van der Waals surface area contributed by atoms with E-state index in [4.69, 9.17) is 5.26 Å². The van der Waals surface area contributed by atoms with Crippen molar-refractivity contribution in [2.45, 2.75) is 19.3 Å². The molecule has 0 saturated heterocycles. The number of hydrogen-bond donors (Lipinski definition) is 0. The molecule has 0 N–H and O–H groups in total. The smallest absolute Gasteiger partial charge is 0.0991 e. The largest absolute Gasteiger partial charge is 0.341 e. The SMILES string of the molecule is N#Cc1ccc(N2CCCCc3ccccc32)cc1. The van der Waals surface area contributed by atoms with E-state index < -0.39 is 0 Å². The molecule has 0 atom stereocenters. The minimum atomic E-state index is 0.715. The van der Waals surface area contributed by atoms with Gasteiger partial charge in [0.05, 0.1) is 11.6 Å². The van der Waals surface area contributed by atoms with E-state index in [9.17, 15) is 0 Å². The van der Waals surface area contributed by atoms with E-state index in [0.29, 0.717) is 5.56 Å². The van der Waals surface area contributed by atoms with Crippen molar-refractivity contribution in [2.75, 3.05) is 11.4 Å². The van der Waals surface area contributed by atoms with Crippen LogP contribution in [0.15, 0.2) is 48.5 Å². The Bertz CT molecular complexity index is 608. The Morgan fingerprint density at radius 2 is 1.74 bits per heavy atom. The van der Waals surface area contributed by atoms with Crippen molar-refractivity contribution in [3.63, 3.8) is 0 Å². The molecule has 0 unspecified atom stereocenters. The van der Waals surface area contributed by atoms with Crippen LogP contribution >= 0.6 is 0 Å². The third-order valence-electron chi connectivity index (χ3n) is 3.67. The van der Waals surface area contributed by atoms with Gasteiger partial charge < -0.3 is 4.90 Å². The van der Waals surface area contributed by atoms with Gasteiger partial charge in [-0.2, -0.15) is 5.26 Å². The Labute approximate surface area is 113 Å². The number of nitrogens with zero attached hydrogens (tertiary/aromatic N) is 2. The standard InChI is InChI=1S/C17H16N2/c18-13-14-8-10-16(11-9-14)19-12-4-3-6-15-5-1-2-7-17(15)19/h1-2,5,7-11H,3-4,6,12H2. The highest BCUT2D eigenvalue weighted by molar-refractivity contribution is 5.67. The quantitative estimate of drug-likeness (QED) is 0.761. The molecule has 94 valence electrons. The van der Waals surface area contributed by atoms with Crippen LogP contribution in [0.25, 0.3) is 0 Å². The first-order valence-electron chi connectivity index (χ1n) is 6.74. The van der Waals surface area contributed by atoms with Gasteiger partial charge in [-0.1, -0.05) is 18.2 Å². The number of anilines is 2. The normalized spacial score (nSPS) is 14.4. The van der Waals surface area contributed by atoms with Crippen molar-refractivity contribution in [2.24, 2.45) is 0 Å². The maximum atomic E-state index is 8.88. The lowest BCUT2D eigenvalue weighted by atomic mass is 10.1. The van der Waals surface area contributed by atoms with E-state index in [1.54, 1.807) is 0 Å². The first kappa shape index (κ1) is 11.8. The maximum Gasteiger partial charge on any atom is 0.0991 e. The summed E-state index contributed by atoms with van der Waals surface area (Å²) in [5.41, 5.74) is 4.62. The molecule has 0 radical (unpaired) electrons. The zero-order chi connectivity index (χ0) is 13.1. The first-order valence-corrected chi connectivity index (χ1v) is 6.74. The van der Waals surface area contributed by atoms with Gasteiger partial charge >= 0.3 is 0 Å². The van der Waals surface area contributed by atoms with Crippen LogP contribution < -0.4 is 4.90 Å². The molecular formula is C17H16N2. The number of hydrogen-bond acceptors (Lipinski definition) is 2. The van der Waals surface area contributed by atoms with Crippen molar-refractivity contribution in [3.8, 4) is 6.07 Å². The molecule has 0 aromatic heterocycles. The Morgan fingerprint density at radius 1 is 0.947 bits per heavy atom. The monoisotopic (exact) mass is 248 g/mol. The van der Waals surface area contributed by atoms with Gasteiger partial charge in [-0.15, -0.1) is 0 Å². The van der Waals surface area contributed by atoms with E-state index in [1.165, 1.54) is 29.8 Å². The molecule has 1 heterocycles. The number of fused-ring (bicyclic) bond motifs is 1. The molecule has 0 saturated carbocycles. The third kappa shape index (κ3) is 2.32. The highest BCUT2D eigenvalue weighted by Gasteiger charge is 2.15. The zero-order valence-corrected chi connectivity index (χ0v) is 10.8. The van der Waals surface area contributed by atoms with Crippen LogP contribution in [-0.4, -0.2) is 6.54 Å². The molecule has 0 spiro atoms. The minimum absolute atomic E-state index is 0.715. The van der Waals surface area contributed by atoms with Crippen molar-refractivity contribution in [3.05, 3.63) is 59.7 Å². The minimum Gasteiger partial charge on any atom is -0.341 e. The highest BCUT2D eigenvalue weighted by atomic mass is 15.1. The summed E-state index contributed by atoms with van der Waals surface area (Å²) >= 11 is 0. The van der Waals surface area contributed by atoms with Gasteiger partial charge in [0.2, 0.25) is 0 Å². The van der Waals surface area contributed by atoms with Crippen LogP contribution in [0, 0.1) is 11.3 Å². The van der Waals surface area contributed by atoms with Crippen LogP contribution in [0.3, 0.4) is 0 Å². The molecule has 19 heavy (non-hydrogen) atoms. The van der Waals surface area contributed by atoms with Gasteiger partial charge in [0.15, 0.2) is 0 Å². The number of benzene rings is 2. The Kier molecular flexibility index (Phi) is 3.20. The van der Waals surface area contributed by atoms with Gasteiger partial charge in [-0.25, -0.2) is 0 Å². The van der Waals surface area contributed by atoms with Gasteiger partial charge in [0, 0.05) is 17.9 Å². The first-order chi connectivity index (χ1) is 9.38. The van der Waals surface area contributed by atoms with Gasteiger partial charge in [-0.3, -0.25) is 0 Å². The average molecular weight is 248 g/mol. The van der Waals surface area contributed by atoms with Crippen LogP contribution in [0.4, 0.5) is 11.4 Å². The van der Waals surface area contributed by atoms with Gasteiger partial charge in [-0.05, 0) is 55.2 Å². The van der Waals surface area contributed by atoms with E-state index in [1.807, 2.05) is 24.3 Å². The molecule has 2 heteroatoms. The fraction of sp³-hybridized carbons (Fsp3) is 0.235. The molecule has 0 bridgehead atoms. The van der Waals surface area contributed by atoms with Gasteiger partial charge in [0.1, 0.15) is 0 Å². The summed E-state index contributed by atoms with van der Waals surface area (Å²) in [5.74, 6) is 0. The highest BCUT2D eigenvalue weighted by Crippen LogP contribution is 2.32. The molecule has 3 rings (SSSR count). The van der Waals surface area contributed by atoms with E-state index in [0.717, 1.165) is 13.0 Å². The topological polar surface area (TPSA) is 27.0 Å². The average Bonchev–Trinajstić information content (AvgIpc) is 2.70. The second-order valence-corrected chi connectivity index (χ2v) is 4.90. The number of para-hydroxylation sites is 1. The molecule has 2 nitrogen and oxygen atoms in total. The molecular weight excluding hydrogens is 232 g/mol. The van der Waals surface area contributed by atoms with E-state index >= 15 is 0 Å². The number of aryl methyl sites for hydroxylation is 1. The summed E-state index contributed by atoms with van der Waals surface area (Å²) < 4.78 is 0. The fourth-order valence-corrected chi connectivity index (χ4v) is 2.68. The summed E-state index contributed by atoms with van der Waals surface area (Å²) in [6.45, 7) is 1.04. The van der Waals surface area contributed by atoms with Crippen molar-refractivity contribution in [1.82, 2.24) is 0 Å². The van der Waals surface area contributed by atoms with Crippen LogP contribution in [-0.2, 0) is 6.42 Å². The summed E-state index contributed by atoms with van der Waals surface area (Å²) in [4.78, 5) is 2.36. The molecule has 0 fully saturated rings. The van der Waals surface area contributed by atoms with Crippen LogP contribution in [0.5, 0.6) is 0 Å². The van der Waals surface area contributed by atoms with E-state index in [2.05, 4.69) is 35.2 Å². The van der Waals surface area contributed by atoms with Crippen LogP contribution in [0.1, 0.15) is 24.0 Å². The molecule has 2 aromatic carbocycles. The lowest BCUT2D eigenvalue weighted by molar-refractivity contribution is 0.761. The van der Waals surface area contributed by atoms with Gasteiger partial charge in [0.25, 0.3) is 0 Å². The predicted octanol–water partition coefficient (Wildman–Crippen LogP) is 4.03. The Hall–Kier alpha value is -2.27. The maximum absolute atomic E-state index is 8.88. The van der Waals surface area contributed by atoms with Crippen LogP contribution in [0.2, 0.25) is 0 Å². The van der Waals surface area contributed by atoms with Crippen molar-refractivity contribution in [1.29, 1.82) is 5.26 Å². The summed E-state index contributed by atoms with van der Waals surface area (Å²) in [5, 5.41) is 8.88. The van der Waals surface area contributed by atoms with Crippen molar-refractivity contribution >= 4 is 11.4 Å². The molecule has 0 amide bonds. The second-order valence-electron chi connectivity index (χ2n) is 4.90. The second kappa shape index (κ2) is 5.16. The zero-order valence-electron chi connectivity index (χ0n) is 10.8. The molecule has 1 aliphatic rings. The Morgan fingerprint density at radius 3 is 2.53 bits per heavy atom. The predicted molar refractivity (Wildman–Crippen MR) is 77.5 cm³/mol. The lowest BCUT2D eigenvalue weighted by Gasteiger charge is -2.25. The summed E-state index contributed by atoms with van der Waals surface area (Å²) in [6.07, 6.45) is 3.60. The molecule has 1 aliphatic heterocycles. The molecule has 2 aromatic rings. The van der Waals surface area contributed by atoms with E-state index in [-0.39, 0.29) is 0 Å². The fourth-order valence-electron chi connectivity index (χ4n) is 2.68. The summed E-state index contributed by atoms with van der Waals surface area (Å²) in [7, 11) is 0. The number of nitriles is 1. The Balaban J connectivity index is 2.01. The van der Waals surface area contributed by atoms with Crippen molar-refractivity contribution < 1.29 is 0 Å². The third-order valence-corrected chi connectivity index (χ3v) is 3.67. The summed E-state index contributed by atoms with van der Waals surface area (Å²) in [6, 6.07) is 18.7.